The van der Waals surface area contributed by atoms with Crippen LogP contribution in [0.15, 0.2) is 36.7 Å². The highest BCUT2D eigenvalue weighted by Gasteiger charge is 2.21. The van der Waals surface area contributed by atoms with Crippen LogP contribution in [0.4, 0.5) is 5.82 Å². The molecule has 1 unspecified atom stereocenters. The standard InChI is InChI=1S/C19H23N5O2/c1-25-14-5-6-18(26-2)15(10-14)16-11-17-19(21-7-9-24(17)22-16)23-8-3-4-13(20)12-23/h5-7,9-11,13H,3-4,8,12,20H2,1-2H3. The van der Waals surface area contributed by atoms with Gasteiger partial charge in [0.15, 0.2) is 5.82 Å². The number of methoxy groups -OCH3 is 2. The van der Waals surface area contributed by atoms with Crippen LogP contribution < -0.4 is 20.1 Å². The second-order valence-electron chi connectivity index (χ2n) is 6.52. The Morgan fingerprint density at radius 1 is 1.19 bits per heavy atom. The lowest BCUT2D eigenvalue weighted by Gasteiger charge is -2.31. The Bertz CT molecular complexity index is 923. The van der Waals surface area contributed by atoms with Crippen molar-refractivity contribution >= 4 is 11.3 Å². The largest absolute Gasteiger partial charge is 0.497 e. The second kappa shape index (κ2) is 6.84. The van der Waals surface area contributed by atoms with E-state index in [0.717, 1.165) is 60.0 Å². The zero-order valence-corrected chi connectivity index (χ0v) is 15.1. The van der Waals surface area contributed by atoms with Gasteiger partial charge in [-0.25, -0.2) is 9.50 Å². The Labute approximate surface area is 152 Å². The number of ether oxygens (including phenoxy) is 2. The normalized spacial score (nSPS) is 17.5. The van der Waals surface area contributed by atoms with E-state index in [9.17, 15) is 0 Å². The topological polar surface area (TPSA) is 77.9 Å². The number of fused-ring (bicyclic) bond motifs is 1. The Balaban J connectivity index is 1.80. The molecular formula is C19H23N5O2. The molecule has 0 aliphatic carbocycles. The summed E-state index contributed by atoms with van der Waals surface area (Å²) in [6.07, 6.45) is 5.78. The second-order valence-corrected chi connectivity index (χ2v) is 6.52. The Hall–Kier alpha value is -2.80. The van der Waals surface area contributed by atoms with Gasteiger partial charge in [-0.05, 0) is 37.1 Å². The quantitative estimate of drug-likeness (QED) is 0.776. The van der Waals surface area contributed by atoms with Gasteiger partial charge in [-0.3, -0.25) is 0 Å². The van der Waals surface area contributed by atoms with Crippen LogP contribution in [-0.4, -0.2) is 47.9 Å². The van der Waals surface area contributed by atoms with Crippen molar-refractivity contribution in [2.45, 2.75) is 18.9 Å². The van der Waals surface area contributed by atoms with Crippen LogP contribution in [0.2, 0.25) is 0 Å². The van der Waals surface area contributed by atoms with Crippen molar-refractivity contribution in [1.29, 1.82) is 0 Å². The van der Waals surface area contributed by atoms with Gasteiger partial charge in [0.05, 0.1) is 19.9 Å². The summed E-state index contributed by atoms with van der Waals surface area (Å²) in [6.45, 7) is 1.78. The summed E-state index contributed by atoms with van der Waals surface area (Å²) in [6, 6.07) is 7.93. The maximum absolute atomic E-state index is 6.15. The van der Waals surface area contributed by atoms with Crippen molar-refractivity contribution in [3.63, 3.8) is 0 Å². The molecule has 3 heterocycles. The van der Waals surface area contributed by atoms with Gasteiger partial charge in [0.2, 0.25) is 0 Å². The molecule has 0 radical (unpaired) electrons. The van der Waals surface area contributed by atoms with E-state index in [1.54, 1.807) is 20.4 Å². The van der Waals surface area contributed by atoms with Crippen molar-refractivity contribution in [3.05, 3.63) is 36.7 Å². The summed E-state index contributed by atoms with van der Waals surface area (Å²) >= 11 is 0. The highest BCUT2D eigenvalue weighted by molar-refractivity contribution is 5.78. The molecule has 1 saturated heterocycles. The van der Waals surface area contributed by atoms with E-state index in [1.165, 1.54) is 0 Å². The summed E-state index contributed by atoms with van der Waals surface area (Å²) < 4.78 is 12.7. The van der Waals surface area contributed by atoms with Crippen LogP contribution in [0.3, 0.4) is 0 Å². The van der Waals surface area contributed by atoms with E-state index in [1.807, 2.05) is 35.0 Å². The van der Waals surface area contributed by atoms with Crippen LogP contribution in [0.1, 0.15) is 12.8 Å². The molecule has 3 aromatic rings. The molecule has 4 rings (SSSR count). The average Bonchev–Trinajstić information content (AvgIpc) is 3.11. The summed E-state index contributed by atoms with van der Waals surface area (Å²) in [5.74, 6) is 2.44. The molecule has 0 spiro atoms. The molecule has 7 heteroatoms. The molecule has 2 aromatic heterocycles. The third-order valence-corrected chi connectivity index (χ3v) is 4.81. The molecule has 1 aliphatic rings. The lowest BCUT2D eigenvalue weighted by Crippen LogP contribution is -2.43. The first-order valence-electron chi connectivity index (χ1n) is 8.77. The predicted molar refractivity (Wildman–Crippen MR) is 101 cm³/mol. The van der Waals surface area contributed by atoms with Gasteiger partial charge in [0, 0.05) is 37.1 Å². The van der Waals surface area contributed by atoms with E-state index in [2.05, 4.69) is 9.88 Å². The van der Waals surface area contributed by atoms with Crippen molar-refractivity contribution in [2.75, 3.05) is 32.2 Å². The monoisotopic (exact) mass is 353 g/mol. The van der Waals surface area contributed by atoms with Gasteiger partial charge in [-0.15, -0.1) is 0 Å². The number of anilines is 1. The summed E-state index contributed by atoms with van der Waals surface area (Å²) in [5.41, 5.74) is 8.81. The van der Waals surface area contributed by atoms with Gasteiger partial charge in [0.1, 0.15) is 17.0 Å². The molecule has 0 amide bonds. The predicted octanol–water partition coefficient (Wildman–Crippen LogP) is 2.34. The smallest absolute Gasteiger partial charge is 0.154 e. The summed E-state index contributed by atoms with van der Waals surface area (Å²) in [4.78, 5) is 6.85. The van der Waals surface area contributed by atoms with E-state index in [0.29, 0.717) is 0 Å². The van der Waals surface area contributed by atoms with Crippen molar-refractivity contribution in [1.82, 2.24) is 14.6 Å². The van der Waals surface area contributed by atoms with E-state index < -0.39 is 0 Å². The molecule has 1 aliphatic heterocycles. The number of nitrogens with two attached hydrogens (primary N) is 1. The fourth-order valence-electron chi connectivity index (χ4n) is 3.50. The highest BCUT2D eigenvalue weighted by Crippen LogP contribution is 2.34. The number of nitrogens with zero attached hydrogens (tertiary/aromatic N) is 4. The van der Waals surface area contributed by atoms with Gasteiger partial charge >= 0.3 is 0 Å². The molecule has 1 fully saturated rings. The van der Waals surface area contributed by atoms with Crippen LogP contribution >= 0.6 is 0 Å². The van der Waals surface area contributed by atoms with Crippen LogP contribution in [0.25, 0.3) is 16.8 Å². The molecule has 7 nitrogen and oxygen atoms in total. The van der Waals surface area contributed by atoms with E-state index >= 15 is 0 Å². The molecular weight excluding hydrogens is 330 g/mol. The zero-order valence-electron chi connectivity index (χ0n) is 15.1. The third-order valence-electron chi connectivity index (χ3n) is 4.81. The van der Waals surface area contributed by atoms with Crippen LogP contribution in [0, 0.1) is 0 Å². The van der Waals surface area contributed by atoms with Crippen LogP contribution in [0.5, 0.6) is 11.5 Å². The first-order chi connectivity index (χ1) is 12.7. The minimum Gasteiger partial charge on any atom is -0.497 e. The lowest BCUT2D eigenvalue weighted by molar-refractivity contribution is 0.404. The van der Waals surface area contributed by atoms with E-state index in [-0.39, 0.29) is 6.04 Å². The van der Waals surface area contributed by atoms with Crippen molar-refractivity contribution in [3.8, 4) is 22.8 Å². The van der Waals surface area contributed by atoms with Crippen LogP contribution in [-0.2, 0) is 0 Å². The SMILES string of the molecule is COc1ccc(OC)c(-c2cc3c(N4CCCC(N)C4)nccn3n2)c1. The Kier molecular flexibility index (Phi) is 4.38. The number of rotatable bonds is 4. The number of hydrogen-bond donors (Lipinski definition) is 1. The van der Waals surface area contributed by atoms with Gasteiger partial charge < -0.3 is 20.1 Å². The number of piperidine rings is 1. The molecule has 1 aromatic carbocycles. The fraction of sp³-hybridized carbons (Fsp3) is 0.368. The average molecular weight is 353 g/mol. The first kappa shape index (κ1) is 16.7. The number of hydrogen-bond acceptors (Lipinski definition) is 6. The molecule has 26 heavy (non-hydrogen) atoms. The highest BCUT2D eigenvalue weighted by atomic mass is 16.5. The molecule has 1 atom stereocenters. The Morgan fingerprint density at radius 2 is 2.08 bits per heavy atom. The minimum absolute atomic E-state index is 0.187. The minimum atomic E-state index is 0.187. The lowest BCUT2D eigenvalue weighted by atomic mass is 10.1. The van der Waals surface area contributed by atoms with Crippen molar-refractivity contribution in [2.24, 2.45) is 5.73 Å². The first-order valence-corrected chi connectivity index (χ1v) is 8.77. The van der Waals surface area contributed by atoms with E-state index in [4.69, 9.17) is 20.3 Å². The number of aromatic nitrogens is 3. The van der Waals surface area contributed by atoms with Gasteiger partial charge in [-0.2, -0.15) is 5.10 Å². The molecule has 136 valence electrons. The van der Waals surface area contributed by atoms with Gasteiger partial charge in [-0.1, -0.05) is 0 Å². The summed E-state index contributed by atoms with van der Waals surface area (Å²) in [7, 11) is 3.31. The maximum Gasteiger partial charge on any atom is 0.154 e. The molecule has 0 saturated carbocycles. The third kappa shape index (κ3) is 2.94. The van der Waals surface area contributed by atoms with Gasteiger partial charge in [0.25, 0.3) is 0 Å². The van der Waals surface area contributed by atoms with Crippen molar-refractivity contribution < 1.29 is 9.47 Å². The molecule has 2 N–H and O–H groups in total. The molecule has 0 bridgehead atoms. The number of benzene rings is 1. The maximum atomic E-state index is 6.15. The fourth-order valence-corrected chi connectivity index (χ4v) is 3.50. The summed E-state index contributed by atoms with van der Waals surface area (Å²) in [5, 5.41) is 4.72. The Morgan fingerprint density at radius 3 is 2.85 bits per heavy atom. The zero-order chi connectivity index (χ0) is 18.1.